The normalized spacial score (nSPS) is 12.5. The fraction of sp³-hybridized carbons (Fsp3) is 0.350. The molecule has 0 saturated carbocycles. The van der Waals surface area contributed by atoms with Gasteiger partial charge in [-0.05, 0) is 51.0 Å². The average Bonchev–Trinajstić information content (AvgIpc) is 2.87. The van der Waals surface area contributed by atoms with Crippen LogP contribution < -0.4 is 0 Å². The van der Waals surface area contributed by atoms with Gasteiger partial charge < -0.3 is 9.72 Å². The summed E-state index contributed by atoms with van der Waals surface area (Å²) in [5.41, 5.74) is 2.40. The number of Topliss-reactive ketones (excluding diaryl/α,β-unsaturated/α-hetero) is 2. The molecule has 1 unspecified atom stereocenters. The van der Waals surface area contributed by atoms with E-state index in [-0.39, 0.29) is 22.8 Å². The number of ether oxygens (including phenoxy) is 1. The minimum atomic E-state index is -3.24. The van der Waals surface area contributed by atoms with Gasteiger partial charge in [0, 0.05) is 17.5 Å². The zero-order valence-corrected chi connectivity index (χ0v) is 17.3. The third kappa shape index (κ3) is 4.95. The van der Waals surface area contributed by atoms with E-state index in [0.717, 1.165) is 6.26 Å². The largest absolute Gasteiger partial charge is 0.451 e. The van der Waals surface area contributed by atoms with Gasteiger partial charge in [0.2, 0.25) is 5.78 Å². The molecule has 0 aliphatic carbocycles. The Morgan fingerprint density at radius 2 is 1.82 bits per heavy atom. The Hall–Kier alpha value is -2.74. The van der Waals surface area contributed by atoms with E-state index >= 15 is 0 Å². The molecule has 1 atom stereocenters. The van der Waals surface area contributed by atoms with E-state index in [4.69, 9.17) is 4.74 Å². The fourth-order valence-corrected chi connectivity index (χ4v) is 3.89. The number of aromatic nitrogens is 1. The molecular formula is C20H23NO6S. The van der Waals surface area contributed by atoms with Crippen LogP contribution in [0.4, 0.5) is 0 Å². The number of ketones is 2. The molecule has 1 N–H and O–H groups in total. The number of carbonyl (C=O) groups is 3. The number of esters is 1. The van der Waals surface area contributed by atoms with Crippen molar-refractivity contribution in [1.82, 2.24) is 4.98 Å². The second-order valence-corrected chi connectivity index (χ2v) is 9.00. The average molecular weight is 405 g/mol. The Balaban J connectivity index is 2.19. The molecule has 0 amide bonds. The van der Waals surface area contributed by atoms with Crippen LogP contribution in [0.3, 0.4) is 0 Å². The predicted octanol–water partition coefficient (Wildman–Crippen LogP) is 2.81. The zero-order valence-electron chi connectivity index (χ0n) is 16.5. The Kier molecular flexibility index (Phi) is 6.23. The fourth-order valence-electron chi connectivity index (χ4n) is 3.10. The summed E-state index contributed by atoms with van der Waals surface area (Å²) in [6.45, 7) is 6.23. The maximum Gasteiger partial charge on any atom is 0.338 e. The van der Waals surface area contributed by atoms with Crippen LogP contribution >= 0.6 is 0 Å². The lowest BCUT2D eigenvalue weighted by molar-refractivity contribution is 0.0317. The summed E-state index contributed by atoms with van der Waals surface area (Å²) in [4.78, 5) is 39.7. The summed E-state index contributed by atoms with van der Waals surface area (Å²) in [6.07, 6.45) is 0.0250. The maximum atomic E-state index is 12.7. The van der Waals surface area contributed by atoms with Crippen LogP contribution in [0.2, 0.25) is 0 Å². The summed E-state index contributed by atoms with van der Waals surface area (Å²) >= 11 is 0. The van der Waals surface area contributed by atoms with Crippen molar-refractivity contribution >= 4 is 27.4 Å². The summed E-state index contributed by atoms with van der Waals surface area (Å²) in [6, 6.07) is 6.07. The first-order valence-electron chi connectivity index (χ1n) is 8.62. The lowest BCUT2D eigenvalue weighted by Gasteiger charge is -2.13. The van der Waals surface area contributed by atoms with Gasteiger partial charge in [-0.25, -0.2) is 13.2 Å². The highest BCUT2D eigenvalue weighted by molar-refractivity contribution is 7.89. The second-order valence-electron chi connectivity index (χ2n) is 6.86. The highest BCUT2D eigenvalue weighted by atomic mass is 32.2. The van der Waals surface area contributed by atoms with Crippen molar-refractivity contribution < 1.29 is 27.5 Å². The van der Waals surface area contributed by atoms with Crippen LogP contribution in [0.5, 0.6) is 0 Å². The third-order valence-electron chi connectivity index (χ3n) is 4.28. The number of hydrogen-bond acceptors (Lipinski definition) is 6. The Labute approximate surface area is 164 Å². The SMILES string of the molecule is CC(=O)c1c(C)[nH]c(C(=O)C(C)OC(=O)c2cccc(CS(C)(=O)=O)c2)c1C. The van der Waals surface area contributed by atoms with Crippen LogP contribution in [0, 0.1) is 13.8 Å². The van der Waals surface area contributed by atoms with Gasteiger partial charge in [-0.15, -0.1) is 0 Å². The van der Waals surface area contributed by atoms with Gasteiger partial charge in [-0.2, -0.15) is 0 Å². The van der Waals surface area contributed by atoms with E-state index in [0.29, 0.717) is 22.4 Å². The van der Waals surface area contributed by atoms with Crippen molar-refractivity contribution in [2.75, 3.05) is 6.26 Å². The summed E-state index contributed by atoms with van der Waals surface area (Å²) < 4.78 is 28.1. The van der Waals surface area contributed by atoms with E-state index in [1.165, 1.54) is 26.0 Å². The van der Waals surface area contributed by atoms with Crippen LogP contribution in [-0.4, -0.2) is 43.3 Å². The number of benzene rings is 1. The van der Waals surface area contributed by atoms with E-state index in [9.17, 15) is 22.8 Å². The molecule has 2 aromatic rings. The molecule has 0 bridgehead atoms. The molecule has 0 spiro atoms. The molecule has 0 fully saturated rings. The predicted molar refractivity (Wildman–Crippen MR) is 104 cm³/mol. The molecule has 2 rings (SSSR count). The van der Waals surface area contributed by atoms with E-state index in [1.54, 1.807) is 26.0 Å². The minimum absolute atomic E-state index is 0.155. The number of aryl methyl sites for hydroxylation is 1. The van der Waals surface area contributed by atoms with Crippen LogP contribution in [0.25, 0.3) is 0 Å². The molecule has 1 heterocycles. The van der Waals surface area contributed by atoms with E-state index in [2.05, 4.69) is 4.98 Å². The molecule has 7 nitrogen and oxygen atoms in total. The number of carbonyl (C=O) groups excluding carboxylic acids is 3. The number of nitrogens with one attached hydrogen (secondary N) is 1. The van der Waals surface area contributed by atoms with Crippen LogP contribution in [-0.2, 0) is 20.3 Å². The van der Waals surface area contributed by atoms with E-state index in [1.807, 2.05) is 0 Å². The third-order valence-corrected chi connectivity index (χ3v) is 5.14. The number of sulfone groups is 1. The van der Waals surface area contributed by atoms with Gasteiger partial charge in [0.1, 0.15) is 0 Å². The lowest BCUT2D eigenvalue weighted by atomic mass is 10.0. The van der Waals surface area contributed by atoms with Crippen LogP contribution in [0.15, 0.2) is 24.3 Å². The topological polar surface area (TPSA) is 110 Å². The molecule has 0 aliphatic heterocycles. The van der Waals surface area contributed by atoms with Crippen molar-refractivity contribution in [2.24, 2.45) is 0 Å². The highest BCUT2D eigenvalue weighted by Crippen LogP contribution is 2.21. The van der Waals surface area contributed by atoms with Crippen molar-refractivity contribution in [1.29, 1.82) is 0 Å². The Morgan fingerprint density at radius 1 is 1.18 bits per heavy atom. The van der Waals surface area contributed by atoms with Gasteiger partial charge >= 0.3 is 5.97 Å². The Morgan fingerprint density at radius 3 is 2.36 bits per heavy atom. The molecule has 150 valence electrons. The molecule has 1 aromatic heterocycles. The molecule has 8 heteroatoms. The Bertz CT molecular complexity index is 1050. The summed E-state index contributed by atoms with van der Waals surface area (Å²) in [7, 11) is -3.24. The van der Waals surface area contributed by atoms with Crippen molar-refractivity contribution in [3.63, 3.8) is 0 Å². The highest BCUT2D eigenvalue weighted by Gasteiger charge is 2.26. The van der Waals surface area contributed by atoms with Crippen molar-refractivity contribution in [2.45, 2.75) is 39.6 Å². The number of hydrogen-bond donors (Lipinski definition) is 1. The molecule has 0 radical (unpaired) electrons. The second kappa shape index (κ2) is 8.10. The van der Waals surface area contributed by atoms with Crippen molar-refractivity contribution in [3.05, 3.63) is 57.9 Å². The first kappa shape index (κ1) is 21.6. The maximum absolute atomic E-state index is 12.7. The first-order valence-corrected chi connectivity index (χ1v) is 10.7. The molecule has 0 saturated heterocycles. The first-order chi connectivity index (χ1) is 12.9. The standard InChI is InChI=1S/C20H23NO6S/c1-11-17(13(3)22)12(2)21-18(11)19(23)14(4)27-20(24)16-8-6-7-15(9-16)10-28(5,25)26/h6-9,14,21H,10H2,1-5H3. The lowest BCUT2D eigenvalue weighted by Crippen LogP contribution is -2.25. The van der Waals surface area contributed by atoms with Gasteiger partial charge in [-0.1, -0.05) is 12.1 Å². The monoisotopic (exact) mass is 405 g/mol. The van der Waals surface area contributed by atoms with Gasteiger partial charge in [0.25, 0.3) is 0 Å². The van der Waals surface area contributed by atoms with Gasteiger partial charge in [-0.3, -0.25) is 9.59 Å². The van der Waals surface area contributed by atoms with Gasteiger partial charge in [0.05, 0.1) is 17.0 Å². The molecule has 1 aromatic carbocycles. The van der Waals surface area contributed by atoms with E-state index < -0.39 is 27.7 Å². The smallest absolute Gasteiger partial charge is 0.338 e. The number of aromatic amines is 1. The van der Waals surface area contributed by atoms with Crippen molar-refractivity contribution in [3.8, 4) is 0 Å². The number of rotatable bonds is 7. The van der Waals surface area contributed by atoms with Gasteiger partial charge in [0.15, 0.2) is 21.7 Å². The number of H-pyrrole nitrogens is 1. The molecule has 28 heavy (non-hydrogen) atoms. The molecule has 0 aliphatic rings. The summed E-state index contributed by atoms with van der Waals surface area (Å²) in [5.74, 6) is -1.53. The summed E-state index contributed by atoms with van der Waals surface area (Å²) in [5, 5.41) is 0. The minimum Gasteiger partial charge on any atom is -0.451 e. The van der Waals surface area contributed by atoms with Crippen LogP contribution in [0.1, 0.15) is 61.9 Å². The molecular weight excluding hydrogens is 382 g/mol. The quantitative estimate of drug-likeness (QED) is 0.560. The zero-order chi connectivity index (χ0) is 21.2.